The van der Waals surface area contributed by atoms with Crippen molar-refractivity contribution in [2.45, 2.75) is 51.4 Å². The van der Waals surface area contributed by atoms with Gasteiger partial charge in [-0.25, -0.2) is 4.39 Å². The Bertz CT molecular complexity index is 1030. The molecule has 1 aliphatic carbocycles. The van der Waals surface area contributed by atoms with E-state index in [1.165, 1.54) is 12.8 Å². The minimum Gasteiger partial charge on any atom is -0.381 e. The summed E-state index contributed by atoms with van der Waals surface area (Å²) in [5, 5.41) is 10.8. The number of aromatic nitrogens is 2. The number of nitrogens with one attached hydrogen (secondary N) is 2. The van der Waals surface area contributed by atoms with E-state index in [0.29, 0.717) is 37.0 Å². The summed E-state index contributed by atoms with van der Waals surface area (Å²) in [5.41, 5.74) is 4.49. The predicted molar refractivity (Wildman–Crippen MR) is 125 cm³/mol. The third kappa shape index (κ3) is 4.44. The lowest BCUT2D eigenvalue weighted by Crippen LogP contribution is -2.53. The van der Waals surface area contributed by atoms with Crippen molar-refractivity contribution < 1.29 is 9.18 Å². The molecule has 1 saturated carbocycles. The molecule has 170 valence electrons. The van der Waals surface area contributed by atoms with Gasteiger partial charge in [-0.05, 0) is 42.9 Å². The third-order valence-electron chi connectivity index (χ3n) is 6.57. The molecule has 2 fully saturated rings. The van der Waals surface area contributed by atoms with Gasteiger partial charge < -0.3 is 15.5 Å². The van der Waals surface area contributed by atoms with E-state index in [0.717, 1.165) is 35.5 Å². The highest BCUT2D eigenvalue weighted by molar-refractivity contribution is 6.22. The molecule has 2 aliphatic heterocycles. The van der Waals surface area contributed by atoms with Gasteiger partial charge in [0.1, 0.15) is 6.17 Å². The SMILES string of the molecule is CC(C)CN1CC[C@H](NC(=O)C2=CCNc3ccc(-c4cnn(C5CC5)c4)cc32)[C@@H](F)C1. The van der Waals surface area contributed by atoms with Gasteiger partial charge in [-0.3, -0.25) is 9.48 Å². The van der Waals surface area contributed by atoms with Gasteiger partial charge in [-0.2, -0.15) is 5.10 Å². The first-order valence-corrected chi connectivity index (χ1v) is 11.8. The normalized spacial score (nSPS) is 23.4. The van der Waals surface area contributed by atoms with Crippen LogP contribution in [-0.2, 0) is 4.79 Å². The molecule has 3 aliphatic rings. The molecule has 0 unspecified atom stereocenters. The van der Waals surface area contributed by atoms with Crippen molar-refractivity contribution in [1.82, 2.24) is 20.0 Å². The Kier molecular flexibility index (Phi) is 5.76. The molecule has 3 heterocycles. The van der Waals surface area contributed by atoms with E-state index < -0.39 is 12.2 Å². The molecule has 2 aromatic rings. The van der Waals surface area contributed by atoms with Crippen molar-refractivity contribution in [2.75, 3.05) is 31.5 Å². The first kappa shape index (κ1) is 21.2. The quantitative estimate of drug-likeness (QED) is 0.720. The van der Waals surface area contributed by atoms with Crippen molar-refractivity contribution in [3.8, 4) is 11.1 Å². The summed E-state index contributed by atoms with van der Waals surface area (Å²) in [6.07, 6.45) is 7.83. The van der Waals surface area contributed by atoms with Crippen LogP contribution in [0.1, 0.15) is 44.7 Å². The predicted octanol–water partition coefficient (Wildman–Crippen LogP) is 3.88. The Labute approximate surface area is 188 Å². The highest BCUT2D eigenvalue weighted by Gasteiger charge is 2.32. The van der Waals surface area contributed by atoms with Gasteiger partial charge in [0.2, 0.25) is 0 Å². The number of piperidine rings is 1. The number of alkyl halides is 1. The molecule has 0 spiro atoms. The molecule has 32 heavy (non-hydrogen) atoms. The average molecular weight is 438 g/mol. The van der Waals surface area contributed by atoms with Gasteiger partial charge >= 0.3 is 0 Å². The number of carbonyl (C=O) groups is 1. The number of rotatable bonds is 6. The number of amides is 1. The third-order valence-corrected chi connectivity index (χ3v) is 6.57. The van der Waals surface area contributed by atoms with Crippen LogP contribution in [0.25, 0.3) is 16.7 Å². The Hall–Kier alpha value is -2.67. The van der Waals surface area contributed by atoms with Gasteiger partial charge in [0.15, 0.2) is 0 Å². The van der Waals surface area contributed by atoms with Crippen LogP contribution in [0.5, 0.6) is 0 Å². The molecule has 6 nitrogen and oxygen atoms in total. The lowest BCUT2D eigenvalue weighted by molar-refractivity contribution is -0.117. The Morgan fingerprint density at radius 1 is 1.28 bits per heavy atom. The van der Waals surface area contributed by atoms with Crippen LogP contribution in [0.15, 0.2) is 36.7 Å². The van der Waals surface area contributed by atoms with E-state index in [2.05, 4.69) is 46.7 Å². The molecule has 7 heteroatoms. The zero-order valence-corrected chi connectivity index (χ0v) is 18.9. The largest absolute Gasteiger partial charge is 0.381 e. The van der Waals surface area contributed by atoms with E-state index in [4.69, 9.17) is 0 Å². The summed E-state index contributed by atoms with van der Waals surface area (Å²) >= 11 is 0. The number of anilines is 1. The van der Waals surface area contributed by atoms with Crippen molar-refractivity contribution in [2.24, 2.45) is 5.92 Å². The number of benzene rings is 1. The molecule has 0 radical (unpaired) electrons. The van der Waals surface area contributed by atoms with Gasteiger partial charge in [-0.15, -0.1) is 0 Å². The smallest absolute Gasteiger partial charge is 0.252 e. The number of carbonyl (C=O) groups excluding carboxylic acids is 1. The molecule has 0 bridgehead atoms. The number of hydrogen-bond donors (Lipinski definition) is 2. The van der Waals surface area contributed by atoms with Crippen LogP contribution in [-0.4, -0.2) is 59.0 Å². The number of nitrogens with zero attached hydrogens (tertiary/aromatic N) is 3. The molecule has 2 atom stereocenters. The summed E-state index contributed by atoms with van der Waals surface area (Å²) < 4.78 is 16.9. The fourth-order valence-corrected chi connectivity index (χ4v) is 4.77. The van der Waals surface area contributed by atoms with Crippen LogP contribution in [0, 0.1) is 5.92 Å². The number of likely N-dealkylation sites (tertiary alicyclic amines) is 1. The summed E-state index contributed by atoms with van der Waals surface area (Å²) in [4.78, 5) is 15.3. The van der Waals surface area contributed by atoms with Crippen LogP contribution < -0.4 is 10.6 Å². The van der Waals surface area contributed by atoms with Gasteiger partial charge in [-0.1, -0.05) is 26.0 Å². The maximum atomic E-state index is 14.8. The Balaban J connectivity index is 1.30. The lowest BCUT2D eigenvalue weighted by Gasteiger charge is -2.36. The highest BCUT2D eigenvalue weighted by Crippen LogP contribution is 2.36. The van der Waals surface area contributed by atoms with E-state index in [1.807, 2.05) is 29.1 Å². The van der Waals surface area contributed by atoms with Crippen LogP contribution in [0.3, 0.4) is 0 Å². The van der Waals surface area contributed by atoms with E-state index in [1.54, 1.807) is 0 Å². The van der Waals surface area contributed by atoms with Gasteiger partial charge in [0.05, 0.1) is 18.3 Å². The zero-order valence-electron chi connectivity index (χ0n) is 18.9. The molecule has 2 N–H and O–H groups in total. The second-order valence-electron chi connectivity index (χ2n) is 9.74. The second kappa shape index (κ2) is 8.70. The number of hydrogen-bond acceptors (Lipinski definition) is 4. The summed E-state index contributed by atoms with van der Waals surface area (Å²) in [6.45, 7) is 6.97. The van der Waals surface area contributed by atoms with Gasteiger partial charge in [0, 0.05) is 54.8 Å². The molecule has 1 aromatic carbocycles. The lowest BCUT2D eigenvalue weighted by atomic mass is 9.94. The standard InChI is InChI=1S/C25H32FN5O/c1-16(2)13-30-10-8-24(22(26)15-30)29-25(32)20-7-9-27-23-6-3-17(11-21(20)23)18-12-28-31(14-18)19-4-5-19/h3,6-7,11-12,14,16,19,22,24,27H,4-5,8-10,13,15H2,1-2H3,(H,29,32)/t22-,24-/m0/s1. The fourth-order valence-electron chi connectivity index (χ4n) is 4.77. The molecule has 1 amide bonds. The monoisotopic (exact) mass is 437 g/mol. The van der Waals surface area contributed by atoms with Crippen LogP contribution in [0.2, 0.25) is 0 Å². The number of fused-ring (bicyclic) bond motifs is 1. The molecule has 1 aromatic heterocycles. The summed E-state index contributed by atoms with van der Waals surface area (Å²) in [5.74, 6) is 0.318. The molecule has 5 rings (SSSR count). The number of halogens is 1. The summed E-state index contributed by atoms with van der Waals surface area (Å²) in [6, 6.07) is 6.21. The van der Waals surface area contributed by atoms with E-state index in [9.17, 15) is 9.18 Å². The summed E-state index contributed by atoms with van der Waals surface area (Å²) in [7, 11) is 0. The molecule has 1 saturated heterocycles. The van der Waals surface area contributed by atoms with Crippen molar-refractivity contribution in [3.05, 3.63) is 42.2 Å². The maximum absolute atomic E-state index is 14.8. The maximum Gasteiger partial charge on any atom is 0.252 e. The first-order valence-electron chi connectivity index (χ1n) is 11.8. The zero-order chi connectivity index (χ0) is 22.2. The fraction of sp³-hybridized carbons (Fsp3) is 0.520. The second-order valence-corrected chi connectivity index (χ2v) is 9.74. The van der Waals surface area contributed by atoms with E-state index in [-0.39, 0.29) is 5.91 Å². The Morgan fingerprint density at radius 3 is 2.88 bits per heavy atom. The van der Waals surface area contributed by atoms with E-state index >= 15 is 0 Å². The topological polar surface area (TPSA) is 62.2 Å². The van der Waals surface area contributed by atoms with Crippen molar-refractivity contribution in [1.29, 1.82) is 0 Å². The average Bonchev–Trinajstić information content (AvgIpc) is 3.51. The minimum absolute atomic E-state index is 0.191. The van der Waals surface area contributed by atoms with Crippen molar-refractivity contribution >= 4 is 17.2 Å². The highest BCUT2D eigenvalue weighted by atomic mass is 19.1. The molecular formula is C25H32FN5O. The van der Waals surface area contributed by atoms with Crippen LogP contribution >= 0.6 is 0 Å². The van der Waals surface area contributed by atoms with Crippen LogP contribution in [0.4, 0.5) is 10.1 Å². The van der Waals surface area contributed by atoms with Gasteiger partial charge in [0.25, 0.3) is 5.91 Å². The Morgan fingerprint density at radius 2 is 2.12 bits per heavy atom. The minimum atomic E-state index is -1.05. The van der Waals surface area contributed by atoms with Crippen molar-refractivity contribution in [3.63, 3.8) is 0 Å². The molecular weight excluding hydrogens is 405 g/mol. The first-order chi connectivity index (χ1) is 15.5.